The molecule has 0 saturated carbocycles. The average Bonchev–Trinajstić information content (AvgIpc) is 3.01. The van der Waals surface area contributed by atoms with Gasteiger partial charge < -0.3 is 15.0 Å². The molecule has 1 aliphatic rings. The van der Waals surface area contributed by atoms with E-state index in [-0.39, 0.29) is 11.8 Å². The summed E-state index contributed by atoms with van der Waals surface area (Å²) in [6.07, 6.45) is 1.26. The first-order valence-electron chi connectivity index (χ1n) is 8.05. The molecule has 0 atom stereocenters. The Kier molecular flexibility index (Phi) is 4.95. The number of hydrogen-bond acceptors (Lipinski definition) is 3. The maximum absolute atomic E-state index is 12.8. The Balaban J connectivity index is 1.95. The predicted octanol–water partition coefficient (Wildman–Crippen LogP) is 4.04. The fourth-order valence-corrected chi connectivity index (χ4v) is 3.10. The summed E-state index contributed by atoms with van der Waals surface area (Å²) in [4.78, 5) is 26.6. The molecule has 1 N–H and O–H groups in total. The monoisotopic (exact) mass is 358 g/mol. The van der Waals surface area contributed by atoms with Crippen molar-refractivity contribution < 1.29 is 14.3 Å². The highest BCUT2D eigenvalue weighted by Gasteiger charge is 2.26. The maximum Gasteiger partial charge on any atom is 0.257 e. The number of anilines is 2. The minimum atomic E-state index is -0.310. The number of carbonyl (C=O) groups is 2. The molecule has 1 fully saturated rings. The van der Waals surface area contributed by atoms with Crippen LogP contribution >= 0.6 is 11.6 Å². The third-order valence-corrected chi connectivity index (χ3v) is 4.41. The summed E-state index contributed by atoms with van der Waals surface area (Å²) in [6.45, 7) is 2.53. The number of benzene rings is 2. The summed E-state index contributed by atoms with van der Waals surface area (Å²) in [7, 11) is 1.55. The van der Waals surface area contributed by atoms with Crippen molar-refractivity contribution in [2.45, 2.75) is 19.8 Å². The molecule has 0 spiro atoms. The van der Waals surface area contributed by atoms with Crippen LogP contribution in [0, 0.1) is 6.92 Å². The lowest BCUT2D eigenvalue weighted by Crippen LogP contribution is -2.27. The third-order valence-electron chi connectivity index (χ3n) is 4.17. The summed E-state index contributed by atoms with van der Waals surface area (Å²) in [5, 5.41) is 3.36. The second kappa shape index (κ2) is 7.15. The summed E-state index contributed by atoms with van der Waals surface area (Å²) in [6, 6.07) is 10.5. The number of nitrogens with one attached hydrogen (secondary N) is 1. The molecule has 1 aliphatic heterocycles. The first-order chi connectivity index (χ1) is 12.0. The van der Waals surface area contributed by atoms with Crippen molar-refractivity contribution >= 4 is 34.8 Å². The van der Waals surface area contributed by atoms with E-state index in [9.17, 15) is 9.59 Å². The van der Waals surface area contributed by atoms with Crippen molar-refractivity contribution in [2.75, 3.05) is 23.9 Å². The topological polar surface area (TPSA) is 58.6 Å². The highest BCUT2D eigenvalue weighted by molar-refractivity contribution is 6.31. The highest BCUT2D eigenvalue weighted by Crippen LogP contribution is 2.31. The second-order valence-electron chi connectivity index (χ2n) is 5.97. The van der Waals surface area contributed by atoms with Gasteiger partial charge in [-0.25, -0.2) is 0 Å². The van der Waals surface area contributed by atoms with Crippen LogP contribution in [0.2, 0.25) is 5.02 Å². The summed E-state index contributed by atoms with van der Waals surface area (Å²) in [5.74, 6) is 0.270. The number of rotatable bonds is 4. The number of aryl methyl sites for hydroxylation is 1. The summed E-state index contributed by atoms with van der Waals surface area (Å²) >= 11 is 6.09. The van der Waals surface area contributed by atoms with E-state index in [0.717, 1.165) is 12.0 Å². The number of nitrogens with zero attached hydrogens (tertiary/aromatic N) is 1. The van der Waals surface area contributed by atoms with Crippen molar-refractivity contribution in [1.29, 1.82) is 0 Å². The molecular formula is C19H19ClN2O3. The zero-order valence-corrected chi connectivity index (χ0v) is 14.9. The first kappa shape index (κ1) is 17.3. The molecule has 130 valence electrons. The van der Waals surface area contributed by atoms with Gasteiger partial charge in [-0.1, -0.05) is 17.7 Å². The van der Waals surface area contributed by atoms with Gasteiger partial charge in [0.2, 0.25) is 5.91 Å². The predicted molar refractivity (Wildman–Crippen MR) is 98.7 cm³/mol. The molecular weight excluding hydrogens is 340 g/mol. The molecule has 2 aromatic rings. The van der Waals surface area contributed by atoms with Crippen LogP contribution in [0.15, 0.2) is 36.4 Å². The van der Waals surface area contributed by atoms with E-state index < -0.39 is 0 Å². The van der Waals surface area contributed by atoms with Crippen LogP contribution in [0.3, 0.4) is 0 Å². The summed E-state index contributed by atoms with van der Waals surface area (Å²) in [5.41, 5.74) is 2.53. The van der Waals surface area contributed by atoms with Crippen LogP contribution < -0.4 is 15.0 Å². The van der Waals surface area contributed by atoms with E-state index in [1.54, 1.807) is 36.3 Å². The lowest BCUT2D eigenvalue weighted by atomic mass is 10.1. The van der Waals surface area contributed by atoms with Crippen LogP contribution in [-0.4, -0.2) is 25.5 Å². The normalized spacial score (nSPS) is 13.9. The van der Waals surface area contributed by atoms with Gasteiger partial charge in [0.05, 0.1) is 24.0 Å². The summed E-state index contributed by atoms with van der Waals surface area (Å²) < 4.78 is 5.30. The zero-order valence-electron chi connectivity index (χ0n) is 14.1. The quantitative estimate of drug-likeness (QED) is 0.897. The SMILES string of the molecule is COc1ccc(C)cc1NC(=O)c1ccc(Cl)cc1N1CCCC1=O. The lowest BCUT2D eigenvalue weighted by Gasteiger charge is -2.20. The van der Waals surface area contributed by atoms with Gasteiger partial charge in [-0.2, -0.15) is 0 Å². The molecule has 0 radical (unpaired) electrons. The van der Waals surface area contributed by atoms with Gasteiger partial charge in [-0.3, -0.25) is 9.59 Å². The van der Waals surface area contributed by atoms with E-state index in [4.69, 9.17) is 16.3 Å². The Hall–Kier alpha value is -2.53. The molecule has 0 aromatic heterocycles. The molecule has 25 heavy (non-hydrogen) atoms. The number of halogens is 1. The molecule has 2 amide bonds. The van der Waals surface area contributed by atoms with Gasteiger partial charge in [0.1, 0.15) is 5.75 Å². The van der Waals surface area contributed by atoms with Crippen molar-refractivity contribution in [3.8, 4) is 5.75 Å². The van der Waals surface area contributed by atoms with Crippen LogP contribution in [-0.2, 0) is 4.79 Å². The van der Waals surface area contributed by atoms with Crippen LogP contribution in [0.5, 0.6) is 5.75 Å². The largest absolute Gasteiger partial charge is 0.495 e. The number of hydrogen-bond donors (Lipinski definition) is 1. The molecule has 2 aromatic carbocycles. The van der Waals surface area contributed by atoms with Gasteiger partial charge in [0.15, 0.2) is 0 Å². The molecule has 0 bridgehead atoms. The fourth-order valence-electron chi connectivity index (χ4n) is 2.93. The van der Waals surface area contributed by atoms with Gasteiger partial charge >= 0.3 is 0 Å². The second-order valence-corrected chi connectivity index (χ2v) is 6.40. The van der Waals surface area contributed by atoms with E-state index in [1.165, 1.54) is 0 Å². The van der Waals surface area contributed by atoms with E-state index in [0.29, 0.717) is 40.7 Å². The van der Waals surface area contributed by atoms with Crippen LogP contribution in [0.4, 0.5) is 11.4 Å². The minimum Gasteiger partial charge on any atom is -0.495 e. The Morgan fingerprint density at radius 3 is 2.72 bits per heavy atom. The van der Waals surface area contributed by atoms with Gasteiger partial charge in [-0.05, 0) is 49.2 Å². The number of amides is 2. The first-order valence-corrected chi connectivity index (χ1v) is 8.43. The zero-order chi connectivity index (χ0) is 18.0. The minimum absolute atomic E-state index is 0.00412. The third kappa shape index (κ3) is 3.61. The lowest BCUT2D eigenvalue weighted by molar-refractivity contribution is -0.117. The highest BCUT2D eigenvalue weighted by atomic mass is 35.5. The molecule has 1 heterocycles. The van der Waals surface area contributed by atoms with Crippen molar-refractivity contribution in [1.82, 2.24) is 0 Å². The Morgan fingerprint density at radius 2 is 2.04 bits per heavy atom. The number of ether oxygens (including phenoxy) is 1. The number of carbonyl (C=O) groups excluding carboxylic acids is 2. The van der Waals surface area contributed by atoms with Gasteiger partial charge in [-0.15, -0.1) is 0 Å². The fraction of sp³-hybridized carbons (Fsp3) is 0.263. The van der Waals surface area contributed by atoms with Crippen LogP contribution in [0.25, 0.3) is 0 Å². The van der Waals surface area contributed by atoms with E-state index in [1.807, 2.05) is 19.1 Å². The van der Waals surface area contributed by atoms with Crippen molar-refractivity contribution in [3.05, 3.63) is 52.5 Å². The number of methoxy groups -OCH3 is 1. The molecule has 1 saturated heterocycles. The molecule has 6 heteroatoms. The molecule has 3 rings (SSSR count). The molecule has 0 aliphatic carbocycles. The maximum atomic E-state index is 12.8. The molecule has 5 nitrogen and oxygen atoms in total. The Labute approximate surface area is 151 Å². The van der Waals surface area contributed by atoms with Gasteiger partial charge in [0, 0.05) is 18.0 Å². The standard InChI is InChI=1S/C19H19ClN2O3/c1-12-5-8-17(25-2)15(10-12)21-19(24)14-7-6-13(20)11-16(14)22-9-3-4-18(22)23/h5-8,10-11H,3-4,9H2,1-2H3,(H,21,24). The van der Waals surface area contributed by atoms with Gasteiger partial charge in [0.25, 0.3) is 5.91 Å². The van der Waals surface area contributed by atoms with E-state index >= 15 is 0 Å². The van der Waals surface area contributed by atoms with Crippen LogP contribution in [0.1, 0.15) is 28.8 Å². The van der Waals surface area contributed by atoms with Crippen molar-refractivity contribution in [2.24, 2.45) is 0 Å². The average molecular weight is 359 g/mol. The Bertz CT molecular complexity index is 835. The van der Waals surface area contributed by atoms with Crippen molar-refractivity contribution in [3.63, 3.8) is 0 Å². The smallest absolute Gasteiger partial charge is 0.257 e. The Morgan fingerprint density at radius 1 is 1.24 bits per heavy atom. The molecule has 0 unspecified atom stereocenters. The van der Waals surface area contributed by atoms with E-state index in [2.05, 4.69) is 5.32 Å².